The molecule has 0 unspecified atom stereocenters. The molecule has 1 aromatic carbocycles. The van der Waals surface area contributed by atoms with Gasteiger partial charge in [0.1, 0.15) is 5.75 Å². The van der Waals surface area contributed by atoms with Gasteiger partial charge >= 0.3 is 5.69 Å². The molecule has 1 heterocycles. The zero-order chi connectivity index (χ0) is 14.7. The normalized spacial score (nSPS) is 10.5. The Morgan fingerprint density at radius 3 is 2.70 bits per heavy atom. The summed E-state index contributed by atoms with van der Waals surface area (Å²) in [4.78, 5) is 25.6. The molecule has 0 aliphatic carbocycles. The van der Waals surface area contributed by atoms with Gasteiger partial charge < -0.3 is 10.5 Å². The lowest BCUT2D eigenvalue weighted by atomic mass is 10.2. The number of nitrogen functional groups attached to an aromatic ring is 1. The second-order valence-electron chi connectivity index (χ2n) is 4.47. The van der Waals surface area contributed by atoms with Crippen LogP contribution in [0.5, 0.6) is 5.75 Å². The van der Waals surface area contributed by atoms with E-state index < -0.39 is 5.69 Å². The SMILES string of the molecule is CCc1cn(Cc2ccc(OC)c(N)c2)c(=O)[nH]c1=O. The van der Waals surface area contributed by atoms with Crippen LogP contribution < -0.4 is 21.7 Å². The number of aryl methyl sites for hydroxylation is 1. The van der Waals surface area contributed by atoms with Crippen LogP contribution in [-0.2, 0) is 13.0 Å². The van der Waals surface area contributed by atoms with E-state index in [1.165, 1.54) is 4.57 Å². The maximum atomic E-state index is 11.8. The van der Waals surface area contributed by atoms with Gasteiger partial charge in [-0.05, 0) is 24.1 Å². The predicted octanol–water partition coefficient (Wildman–Crippen LogP) is 0.738. The third kappa shape index (κ3) is 2.74. The average Bonchev–Trinajstić information content (AvgIpc) is 2.42. The van der Waals surface area contributed by atoms with Crippen molar-refractivity contribution in [2.75, 3.05) is 12.8 Å². The molecule has 20 heavy (non-hydrogen) atoms. The predicted molar refractivity (Wildman–Crippen MR) is 77.2 cm³/mol. The van der Waals surface area contributed by atoms with E-state index >= 15 is 0 Å². The minimum Gasteiger partial charge on any atom is -0.495 e. The molecule has 0 aliphatic heterocycles. The average molecular weight is 275 g/mol. The van der Waals surface area contributed by atoms with Gasteiger partial charge in [0.25, 0.3) is 5.56 Å². The first kappa shape index (κ1) is 13.9. The van der Waals surface area contributed by atoms with Crippen LogP contribution in [-0.4, -0.2) is 16.7 Å². The minimum absolute atomic E-state index is 0.331. The van der Waals surface area contributed by atoms with E-state index in [4.69, 9.17) is 10.5 Å². The van der Waals surface area contributed by atoms with Crippen LogP contribution in [0.1, 0.15) is 18.1 Å². The lowest BCUT2D eigenvalue weighted by molar-refractivity contribution is 0.417. The zero-order valence-corrected chi connectivity index (χ0v) is 11.5. The molecule has 106 valence electrons. The second kappa shape index (κ2) is 5.64. The molecule has 0 aliphatic rings. The van der Waals surface area contributed by atoms with Crippen molar-refractivity contribution < 1.29 is 4.74 Å². The fourth-order valence-corrected chi connectivity index (χ4v) is 2.00. The van der Waals surface area contributed by atoms with Crippen molar-refractivity contribution in [2.45, 2.75) is 19.9 Å². The van der Waals surface area contributed by atoms with Gasteiger partial charge in [0.05, 0.1) is 19.3 Å². The number of methoxy groups -OCH3 is 1. The first-order chi connectivity index (χ1) is 9.55. The van der Waals surface area contributed by atoms with Gasteiger partial charge in [-0.25, -0.2) is 4.79 Å². The molecule has 0 saturated heterocycles. The monoisotopic (exact) mass is 275 g/mol. The fraction of sp³-hybridized carbons (Fsp3) is 0.286. The standard InChI is InChI=1S/C14H17N3O3/c1-3-10-8-17(14(19)16-13(10)18)7-9-4-5-12(20-2)11(15)6-9/h4-6,8H,3,7,15H2,1-2H3,(H,16,18,19). The Balaban J connectivity index is 2.37. The van der Waals surface area contributed by atoms with E-state index in [1.807, 2.05) is 13.0 Å². The summed E-state index contributed by atoms with van der Waals surface area (Å²) in [5.74, 6) is 0.594. The maximum Gasteiger partial charge on any atom is 0.328 e. The molecular weight excluding hydrogens is 258 g/mol. The van der Waals surface area contributed by atoms with Crippen LogP contribution in [0.3, 0.4) is 0 Å². The van der Waals surface area contributed by atoms with Gasteiger partial charge in [0.2, 0.25) is 0 Å². The molecule has 0 bridgehead atoms. The lowest BCUT2D eigenvalue weighted by Gasteiger charge is -2.09. The molecular formula is C14H17N3O3. The topological polar surface area (TPSA) is 90.1 Å². The first-order valence-corrected chi connectivity index (χ1v) is 6.30. The zero-order valence-electron chi connectivity index (χ0n) is 11.5. The lowest BCUT2D eigenvalue weighted by Crippen LogP contribution is -2.31. The van der Waals surface area contributed by atoms with E-state index in [0.29, 0.717) is 30.0 Å². The molecule has 0 fully saturated rings. The summed E-state index contributed by atoms with van der Waals surface area (Å²) in [5, 5.41) is 0. The second-order valence-corrected chi connectivity index (χ2v) is 4.47. The Kier molecular flexibility index (Phi) is 3.93. The van der Waals surface area contributed by atoms with Crippen molar-refractivity contribution in [3.8, 4) is 5.75 Å². The van der Waals surface area contributed by atoms with E-state index in [-0.39, 0.29) is 5.56 Å². The van der Waals surface area contributed by atoms with Crippen LogP contribution in [0.2, 0.25) is 0 Å². The Labute approximate surface area is 115 Å². The third-order valence-corrected chi connectivity index (χ3v) is 3.11. The number of rotatable bonds is 4. The molecule has 6 heteroatoms. The Bertz CT molecular complexity index is 731. The van der Waals surface area contributed by atoms with Crippen molar-refractivity contribution >= 4 is 5.69 Å². The highest BCUT2D eigenvalue weighted by molar-refractivity contribution is 5.54. The highest BCUT2D eigenvalue weighted by atomic mass is 16.5. The number of H-pyrrole nitrogens is 1. The molecule has 0 atom stereocenters. The van der Waals surface area contributed by atoms with Gasteiger partial charge in [-0.1, -0.05) is 13.0 Å². The summed E-state index contributed by atoms with van der Waals surface area (Å²) in [5.41, 5.74) is 7.02. The Morgan fingerprint density at radius 1 is 1.35 bits per heavy atom. The number of anilines is 1. The quantitative estimate of drug-likeness (QED) is 0.805. The number of nitrogens with one attached hydrogen (secondary N) is 1. The van der Waals surface area contributed by atoms with Crippen LogP contribution in [0.25, 0.3) is 0 Å². The van der Waals surface area contributed by atoms with Gasteiger partial charge in [0, 0.05) is 11.8 Å². The van der Waals surface area contributed by atoms with Crippen molar-refractivity contribution in [3.05, 3.63) is 56.4 Å². The largest absolute Gasteiger partial charge is 0.495 e. The van der Waals surface area contributed by atoms with E-state index in [1.54, 1.807) is 25.4 Å². The van der Waals surface area contributed by atoms with Crippen LogP contribution in [0.15, 0.2) is 34.0 Å². The Hall–Kier alpha value is -2.50. The minimum atomic E-state index is -0.429. The van der Waals surface area contributed by atoms with Crippen molar-refractivity contribution in [1.29, 1.82) is 0 Å². The van der Waals surface area contributed by atoms with Crippen LogP contribution in [0.4, 0.5) is 5.69 Å². The summed E-state index contributed by atoms with van der Waals surface area (Å²) >= 11 is 0. The summed E-state index contributed by atoms with van der Waals surface area (Å²) < 4.78 is 6.54. The number of ether oxygens (including phenoxy) is 1. The number of nitrogens with two attached hydrogens (primary N) is 1. The molecule has 1 aromatic heterocycles. The van der Waals surface area contributed by atoms with Gasteiger partial charge in [-0.3, -0.25) is 14.3 Å². The smallest absolute Gasteiger partial charge is 0.328 e. The molecule has 0 saturated carbocycles. The van der Waals surface area contributed by atoms with Crippen molar-refractivity contribution in [1.82, 2.24) is 9.55 Å². The van der Waals surface area contributed by atoms with Gasteiger partial charge in [-0.2, -0.15) is 0 Å². The van der Waals surface area contributed by atoms with Crippen molar-refractivity contribution in [2.24, 2.45) is 0 Å². The number of nitrogens with zero attached hydrogens (tertiary/aromatic N) is 1. The maximum absolute atomic E-state index is 11.8. The number of hydrogen-bond acceptors (Lipinski definition) is 4. The highest BCUT2D eigenvalue weighted by Gasteiger charge is 2.05. The fourth-order valence-electron chi connectivity index (χ4n) is 2.00. The molecule has 0 spiro atoms. The molecule has 6 nitrogen and oxygen atoms in total. The van der Waals surface area contributed by atoms with E-state index in [9.17, 15) is 9.59 Å². The Morgan fingerprint density at radius 2 is 2.10 bits per heavy atom. The number of hydrogen-bond donors (Lipinski definition) is 2. The summed E-state index contributed by atoms with van der Waals surface area (Å²) in [6.45, 7) is 2.21. The van der Waals surface area contributed by atoms with E-state index in [0.717, 1.165) is 5.56 Å². The molecule has 2 aromatic rings. The summed E-state index contributed by atoms with van der Waals surface area (Å²) in [6.07, 6.45) is 2.15. The van der Waals surface area contributed by atoms with Crippen molar-refractivity contribution in [3.63, 3.8) is 0 Å². The number of aromatic nitrogens is 2. The first-order valence-electron chi connectivity index (χ1n) is 6.30. The summed E-state index contributed by atoms with van der Waals surface area (Å²) in [7, 11) is 1.55. The highest BCUT2D eigenvalue weighted by Crippen LogP contribution is 2.22. The van der Waals surface area contributed by atoms with Gasteiger partial charge in [0.15, 0.2) is 0 Å². The molecule has 3 N–H and O–H groups in total. The summed E-state index contributed by atoms with van der Waals surface area (Å²) in [6, 6.07) is 5.34. The van der Waals surface area contributed by atoms with Gasteiger partial charge in [-0.15, -0.1) is 0 Å². The number of benzene rings is 1. The molecule has 0 radical (unpaired) electrons. The molecule has 2 rings (SSSR count). The van der Waals surface area contributed by atoms with Crippen LogP contribution >= 0.6 is 0 Å². The molecule has 0 amide bonds. The third-order valence-electron chi connectivity index (χ3n) is 3.11. The van der Waals surface area contributed by atoms with Crippen LogP contribution in [0, 0.1) is 0 Å². The number of aromatic amines is 1. The van der Waals surface area contributed by atoms with E-state index in [2.05, 4.69) is 4.98 Å².